The quantitative estimate of drug-likeness (QED) is 0.229. The molecule has 0 unspecified atom stereocenters. The number of amides is 3. The molecule has 6 rings (SSSR count). The molecular weight excluding hydrogens is 702 g/mol. The fraction of sp³-hybridized carbons (Fsp3) is 0.364. The maximum atomic E-state index is 13.3. The third kappa shape index (κ3) is 9.87. The zero-order chi connectivity index (χ0) is 37.6. The third-order valence-electron chi connectivity index (χ3n) is 8.08. The Labute approximate surface area is 292 Å². The molecule has 278 valence electrons. The summed E-state index contributed by atoms with van der Waals surface area (Å²) in [7, 11) is 2.03. The van der Waals surface area contributed by atoms with Crippen LogP contribution in [0.2, 0.25) is 0 Å². The molecule has 0 spiro atoms. The first-order valence-electron chi connectivity index (χ1n) is 15.9. The van der Waals surface area contributed by atoms with Crippen molar-refractivity contribution in [2.75, 3.05) is 75.1 Å². The fourth-order valence-corrected chi connectivity index (χ4v) is 5.40. The number of carboxylic acid groups (broad SMARTS) is 1. The van der Waals surface area contributed by atoms with Gasteiger partial charge in [-0.3, -0.25) is 4.79 Å². The molecule has 0 saturated carbocycles. The molecule has 0 bridgehead atoms. The summed E-state index contributed by atoms with van der Waals surface area (Å²) in [5, 5.41) is 13.2. The molecule has 2 fully saturated rings. The molecule has 13 nitrogen and oxygen atoms in total. The van der Waals surface area contributed by atoms with Crippen LogP contribution in [0.5, 0.6) is 0 Å². The number of urea groups is 1. The Morgan fingerprint density at radius 1 is 0.808 bits per heavy atom. The maximum absolute atomic E-state index is 13.3. The second-order valence-electron chi connectivity index (χ2n) is 11.9. The number of alkyl halides is 6. The summed E-state index contributed by atoms with van der Waals surface area (Å²) >= 11 is 0. The van der Waals surface area contributed by atoms with Gasteiger partial charge in [0, 0.05) is 68.0 Å². The number of fused-ring (bicyclic) bond motifs is 1. The van der Waals surface area contributed by atoms with Gasteiger partial charge in [0.05, 0.1) is 18.6 Å². The molecule has 0 aliphatic carbocycles. The predicted octanol–water partition coefficient (Wildman–Crippen LogP) is 5.16. The molecule has 4 heterocycles. The number of piperazine rings is 1. The van der Waals surface area contributed by atoms with E-state index in [4.69, 9.17) is 19.6 Å². The van der Waals surface area contributed by atoms with Crippen LogP contribution in [0.4, 0.5) is 48.3 Å². The number of carbonyl (C=O) groups is 3. The second-order valence-corrected chi connectivity index (χ2v) is 11.9. The molecule has 2 aromatic carbocycles. The number of nitrogens with zero attached hydrogens (tertiary/aromatic N) is 6. The standard InChI is InChI=1S/C31H33F3N8O3.C2HF3O2/c1-39-12-14-41(15-13-39)29(43)22-4-8-24(9-5-22)36-30(44)35-23-6-2-21(3-7-23)26-37-27(40-16-18-45-19-17-40)25-10-11-42(28(25)38-26)20-31(32,33)34;3-2(4,5)1(6)7/h2-11H,12-20H2,1H3,(H2,35,36,44);(H,6,7). The number of hydrogen-bond donors (Lipinski definition) is 3. The second kappa shape index (κ2) is 15.9. The molecule has 3 amide bonds. The number of aliphatic carboxylic acids is 1. The smallest absolute Gasteiger partial charge is 0.475 e. The van der Waals surface area contributed by atoms with Crippen LogP contribution in [0.1, 0.15) is 10.4 Å². The van der Waals surface area contributed by atoms with Crippen LogP contribution in [0.15, 0.2) is 60.8 Å². The van der Waals surface area contributed by atoms with Gasteiger partial charge in [-0.1, -0.05) is 0 Å². The summed E-state index contributed by atoms with van der Waals surface area (Å²) in [6, 6.07) is 14.6. The van der Waals surface area contributed by atoms with Gasteiger partial charge in [0.15, 0.2) is 5.82 Å². The van der Waals surface area contributed by atoms with E-state index in [-0.39, 0.29) is 17.4 Å². The molecule has 4 aromatic rings. The lowest BCUT2D eigenvalue weighted by molar-refractivity contribution is -0.192. The number of rotatable bonds is 6. The molecule has 0 atom stereocenters. The first kappa shape index (κ1) is 37.8. The van der Waals surface area contributed by atoms with E-state index in [1.165, 1.54) is 6.20 Å². The number of carbonyl (C=O) groups excluding carboxylic acids is 2. The average Bonchev–Trinajstić information content (AvgIpc) is 3.49. The van der Waals surface area contributed by atoms with Crippen LogP contribution >= 0.6 is 0 Å². The molecular formula is C33H34F6N8O5. The van der Waals surface area contributed by atoms with E-state index >= 15 is 0 Å². The van der Waals surface area contributed by atoms with Crippen LogP contribution in [-0.4, -0.2) is 119 Å². The van der Waals surface area contributed by atoms with E-state index in [0.717, 1.165) is 17.7 Å². The summed E-state index contributed by atoms with van der Waals surface area (Å²) in [5.41, 5.74) is 2.35. The Morgan fingerprint density at radius 3 is 1.90 bits per heavy atom. The highest BCUT2D eigenvalue weighted by Gasteiger charge is 2.38. The zero-order valence-corrected chi connectivity index (χ0v) is 27.7. The van der Waals surface area contributed by atoms with Crippen molar-refractivity contribution in [3.8, 4) is 11.4 Å². The minimum atomic E-state index is -5.08. The number of aromatic nitrogens is 3. The van der Waals surface area contributed by atoms with Crippen molar-refractivity contribution < 1.29 is 50.6 Å². The van der Waals surface area contributed by atoms with Crippen LogP contribution < -0.4 is 15.5 Å². The monoisotopic (exact) mass is 736 g/mol. The Balaban J connectivity index is 0.000000679. The van der Waals surface area contributed by atoms with Gasteiger partial charge in [0.1, 0.15) is 18.0 Å². The van der Waals surface area contributed by atoms with E-state index in [2.05, 4.69) is 20.5 Å². The zero-order valence-electron chi connectivity index (χ0n) is 27.7. The lowest BCUT2D eigenvalue weighted by Crippen LogP contribution is -2.47. The number of ether oxygens (including phenoxy) is 1. The van der Waals surface area contributed by atoms with E-state index in [9.17, 15) is 35.9 Å². The van der Waals surface area contributed by atoms with Crippen molar-refractivity contribution in [3.63, 3.8) is 0 Å². The number of nitrogens with one attached hydrogen (secondary N) is 2. The lowest BCUT2D eigenvalue weighted by atomic mass is 10.1. The SMILES string of the molecule is CN1CCN(C(=O)c2ccc(NC(=O)Nc3ccc(-c4nc(N5CCOCC5)c5ccn(CC(F)(F)F)c5n4)cc3)cc2)CC1.O=C(O)C(F)(F)F. The summed E-state index contributed by atoms with van der Waals surface area (Å²) in [6.45, 7) is 3.96. The number of anilines is 3. The topological polar surface area (TPSA) is 145 Å². The van der Waals surface area contributed by atoms with E-state index in [1.807, 2.05) is 16.8 Å². The Kier molecular flexibility index (Phi) is 11.5. The van der Waals surface area contributed by atoms with Gasteiger partial charge >= 0.3 is 24.4 Å². The number of hydrogen-bond acceptors (Lipinski definition) is 8. The van der Waals surface area contributed by atoms with Gasteiger partial charge in [0.25, 0.3) is 5.91 Å². The first-order chi connectivity index (χ1) is 24.6. The van der Waals surface area contributed by atoms with Gasteiger partial charge in [-0.15, -0.1) is 0 Å². The lowest BCUT2D eigenvalue weighted by Gasteiger charge is -2.32. The number of likely N-dealkylation sites (N-methyl/N-ethyl adjacent to an activating group) is 1. The van der Waals surface area contributed by atoms with Gasteiger partial charge in [0.2, 0.25) is 0 Å². The van der Waals surface area contributed by atoms with Crippen molar-refractivity contribution in [1.29, 1.82) is 0 Å². The number of carboxylic acids is 1. The maximum Gasteiger partial charge on any atom is 0.490 e. The first-order valence-corrected chi connectivity index (χ1v) is 15.9. The van der Waals surface area contributed by atoms with E-state index in [1.54, 1.807) is 54.6 Å². The van der Waals surface area contributed by atoms with Crippen molar-refractivity contribution in [3.05, 3.63) is 66.4 Å². The summed E-state index contributed by atoms with van der Waals surface area (Å²) < 4.78 is 78.2. The Bertz CT molecular complexity index is 1870. The van der Waals surface area contributed by atoms with Gasteiger partial charge in [-0.25, -0.2) is 19.6 Å². The van der Waals surface area contributed by atoms with Gasteiger partial charge < -0.3 is 39.7 Å². The normalized spacial score (nSPS) is 15.5. The van der Waals surface area contributed by atoms with Gasteiger partial charge in [-0.05, 0) is 61.6 Å². The number of morpholine rings is 1. The minimum absolute atomic E-state index is 0.0343. The molecule has 2 aliphatic heterocycles. The molecule has 52 heavy (non-hydrogen) atoms. The van der Waals surface area contributed by atoms with Gasteiger partial charge in [-0.2, -0.15) is 26.3 Å². The number of benzene rings is 2. The molecule has 0 radical (unpaired) electrons. The van der Waals surface area contributed by atoms with E-state index in [0.29, 0.717) is 73.1 Å². The summed E-state index contributed by atoms with van der Waals surface area (Å²) in [4.78, 5) is 49.6. The third-order valence-corrected chi connectivity index (χ3v) is 8.08. The fourth-order valence-electron chi connectivity index (χ4n) is 5.40. The average molecular weight is 737 g/mol. The minimum Gasteiger partial charge on any atom is -0.475 e. The van der Waals surface area contributed by atoms with Crippen molar-refractivity contribution in [2.45, 2.75) is 18.9 Å². The van der Waals surface area contributed by atoms with Crippen LogP contribution in [0.3, 0.4) is 0 Å². The van der Waals surface area contributed by atoms with Crippen molar-refractivity contribution >= 4 is 46.1 Å². The van der Waals surface area contributed by atoms with Crippen LogP contribution in [-0.2, 0) is 16.1 Å². The summed E-state index contributed by atoms with van der Waals surface area (Å²) in [6.07, 6.45) is -8.11. The molecule has 3 N–H and O–H groups in total. The highest BCUT2D eigenvalue weighted by atomic mass is 19.4. The molecule has 2 aromatic heterocycles. The predicted molar refractivity (Wildman–Crippen MR) is 178 cm³/mol. The Hall–Kier alpha value is -5.43. The van der Waals surface area contributed by atoms with E-state index < -0.39 is 30.9 Å². The largest absolute Gasteiger partial charge is 0.490 e. The van der Waals surface area contributed by atoms with Crippen molar-refractivity contribution in [2.24, 2.45) is 0 Å². The summed E-state index contributed by atoms with van der Waals surface area (Å²) in [5.74, 6) is -1.97. The number of halogens is 6. The highest BCUT2D eigenvalue weighted by Crippen LogP contribution is 2.31. The van der Waals surface area contributed by atoms with Crippen molar-refractivity contribution in [1.82, 2.24) is 24.3 Å². The molecule has 2 aliphatic rings. The van der Waals surface area contributed by atoms with Crippen LogP contribution in [0.25, 0.3) is 22.4 Å². The molecule has 2 saturated heterocycles. The Morgan fingerprint density at radius 2 is 1.37 bits per heavy atom. The highest BCUT2D eigenvalue weighted by molar-refractivity contribution is 6.00. The molecule has 19 heteroatoms. The van der Waals surface area contributed by atoms with Crippen LogP contribution in [0, 0.1) is 0 Å².